The molecule has 1 atom stereocenters. The van der Waals surface area contributed by atoms with Crippen LogP contribution in [0.25, 0.3) is 0 Å². The Labute approximate surface area is 134 Å². The summed E-state index contributed by atoms with van der Waals surface area (Å²) in [5.74, 6) is -0.969. The number of hydrogen-bond acceptors (Lipinski definition) is 2. The molecule has 1 aliphatic carbocycles. The van der Waals surface area contributed by atoms with Crippen LogP contribution in [0.5, 0.6) is 0 Å². The summed E-state index contributed by atoms with van der Waals surface area (Å²) in [4.78, 5) is 2.13. The lowest BCUT2D eigenvalue weighted by atomic mass is 9.82. The van der Waals surface area contributed by atoms with Gasteiger partial charge in [-0.25, -0.2) is 8.78 Å². The largest absolute Gasteiger partial charge is 0.308 e. The first-order valence-electron chi connectivity index (χ1n) is 7.48. The molecule has 0 heterocycles. The Kier molecular flexibility index (Phi) is 5.38. The van der Waals surface area contributed by atoms with E-state index >= 15 is 0 Å². The highest BCUT2D eigenvalue weighted by molar-refractivity contribution is 9.10. The van der Waals surface area contributed by atoms with Crippen LogP contribution in [-0.2, 0) is 0 Å². The third-order valence-electron chi connectivity index (χ3n) is 4.67. The third kappa shape index (κ3) is 3.01. The molecule has 0 aromatic heterocycles. The smallest absolute Gasteiger partial charge is 0.145 e. The number of rotatable bonds is 5. The first kappa shape index (κ1) is 16.8. The van der Waals surface area contributed by atoms with Crippen molar-refractivity contribution in [3.8, 4) is 0 Å². The van der Waals surface area contributed by atoms with Gasteiger partial charge in [-0.1, -0.05) is 19.8 Å². The third-order valence-corrected chi connectivity index (χ3v) is 5.29. The Bertz CT molecular complexity index is 499. The molecule has 1 N–H and O–H groups in total. The van der Waals surface area contributed by atoms with Gasteiger partial charge in [-0.2, -0.15) is 0 Å². The maximum absolute atomic E-state index is 14.6. The minimum absolute atomic E-state index is 0.154. The molecule has 1 aliphatic rings. The van der Waals surface area contributed by atoms with E-state index in [4.69, 9.17) is 0 Å². The van der Waals surface area contributed by atoms with Crippen LogP contribution in [0.4, 0.5) is 8.78 Å². The highest BCUT2D eigenvalue weighted by Gasteiger charge is 2.45. The Hall–Kier alpha value is -0.520. The van der Waals surface area contributed by atoms with Crippen LogP contribution in [0.1, 0.15) is 44.2 Å². The molecule has 1 aromatic carbocycles. The lowest BCUT2D eigenvalue weighted by Gasteiger charge is -2.44. The van der Waals surface area contributed by atoms with E-state index < -0.39 is 11.6 Å². The van der Waals surface area contributed by atoms with E-state index in [1.807, 2.05) is 21.0 Å². The zero-order valence-electron chi connectivity index (χ0n) is 12.8. The van der Waals surface area contributed by atoms with E-state index in [0.29, 0.717) is 11.0 Å². The van der Waals surface area contributed by atoms with Crippen molar-refractivity contribution in [1.29, 1.82) is 0 Å². The summed E-state index contributed by atoms with van der Waals surface area (Å²) < 4.78 is 29.3. The summed E-state index contributed by atoms with van der Waals surface area (Å²) in [7, 11) is 4.01. The topological polar surface area (TPSA) is 15.3 Å². The first-order chi connectivity index (χ1) is 9.94. The predicted molar refractivity (Wildman–Crippen MR) is 85.4 cm³/mol. The van der Waals surface area contributed by atoms with Gasteiger partial charge < -0.3 is 10.2 Å². The molecular formula is C16H23BrF2N2. The summed E-state index contributed by atoms with van der Waals surface area (Å²) in [5.41, 5.74) is -0.0831. The van der Waals surface area contributed by atoms with Gasteiger partial charge in [0.15, 0.2) is 0 Å². The molecule has 1 saturated carbocycles. The van der Waals surface area contributed by atoms with Crippen molar-refractivity contribution >= 4 is 15.9 Å². The second-order valence-electron chi connectivity index (χ2n) is 5.95. The summed E-state index contributed by atoms with van der Waals surface area (Å²) in [6.07, 6.45) is 4.08. The number of hydrogen-bond donors (Lipinski definition) is 1. The summed E-state index contributed by atoms with van der Waals surface area (Å²) in [6.45, 7) is 2.64. The fourth-order valence-corrected chi connectivity index (χ4v) is 3.90. The lowest BCUT2D eigenvalue weighted by molar-refractivity contribution is 0.101. The normalized spacial score (nSPS) is 19.2. The molecule has 1 unspecified atom stereocenters. The molecule has 21 heavy (non-hydrogen) atoms. The second kappa shape index (κ2) is 6.71. The standard InChI is InChI=1S/C16H23BrF2N2/c1-4-20-15(16(21(2)3)9-5-6-10-16)13-12(18)8-7-11(17)14(13)19/h7-8,15,20H,4-6,9-10H2,1-3H3. The van der Waals surface area contributed by atoms with E-state index in [1.165, 1.54) is 12.1 Å². The molecule has 118 valence electrons. The summed E-state index contributed by atoms with van der Waals surface area (Å²) >= 11 is 3.18. The number of halogens is 3. The summed E-state index contributed by atoms with van der Waals surface area (Å²) in [6, 6.07) is 2.41. The van der Waals surface area contributed by atoms with Gasteiger partial charge in [-0.15, -0.1) is 0 Å². The SMILES string of the molecule is CCNC(c1c(F)ccc(Br)c1F)C1(N(C)C)CCCC1. The highest BCUT2D eigenvalue weighted by atomic mass is 79.9. The molecule has 2 rings (SSSR count). The first-order valence-corrected chi connectivity index (χ1v) is 8.27. The molecule has 0 aliphatic heterocycles. The van der Waals surface area contributed by atoms with Crippen LogP contribution in [0.15, 0.2) is 16.6 Å². The molecule has 5 heteroatoms. The van der Waals surface area contributed by atoms with Crippen LogP contribution >= 0.6 is 15.9 Å². The van der Waals surface area contributed by atoms with E-state index in [1.54, 1.807) is 0 Å². The minimum atomic E-state index is -0.492. The Morgan fingerprint density at radius 1 is 1.29 bits per heavy atom. The fourth-order valence-electron chi connectivity index (χ4n) is 3.55. The highest BCUT2D eigenvalue weighted by Crippen LogP contribution is 2.45. The number of nitrogens with zero attached hydrogens (tertiary/aromatic N) is 1. The second-order valence-corrected chi connectivity index (χ2v) is 6.81. The molecule has 0 saturated heterocycles. The van der Waals surface area contributed by atoms with Gasteiger partial charge in [-0.05, 0) is 61.5 Å². The van der Waals surface area contributed by atoms with E-state index in [9.17, 15) is 8.78 Å². The van der Waals surface area contributed by atoms with E-state index in [-0.39, 0.29) is 17.1 Å². The molecule has 0 radical (unpaired) electrons. The molecule has 0 amide bonds. The van der Waals surface area contributed by atoms with Gasteiger partial charge in [0, 0.05) is 11.1 Å². The van der Waals surface area contributed by atoms with Crippen LogP contribution in [0, 0.1) is 11.6 Å². The Morgan fingerprint density at radius 3 is 2.43 bits per heavy atom. The number of benzene rings is 1. The zero-order valence-corrected chi connectivity index (χ0v) is 14.4. The van der Waals surface area contributed by atoms with Crippen molar-refractivity contribution in [2.45, 2.75) is 44.2 Å². The average molecular weight is 361 g/mol. The van der Waals surface area contributed by atoms with Crippen LogP contribution in [0.2, 0.25) is 0 Å². The maximum Gasteiger partial charge on any atom is 0.145 e. The summed E-state index contributed by atoms with van der Waals surface area (Å²) in [5, 5.41) is 3.33. The molecule has 1 aromatic rings. The van der Waals surface area contributed by atoms with Gasteiger partial charge in [0.2, 0.25) is 0 Å². The Morgan fingerprint density at radius 2 is 1.90 bits per heavy atom. The van der Waals surface area contributed by atoms with Gasteiger partial charge >= 0.3 is 0 Å². The quantitative estimate of drug-likeness (QED) is 0.789. The fraction of sp³-hybridized carbons (Fsp3) is 0.625. The van der Waals surface area contributed by atoms with E-state index in [2.05, 4.69) is 26.1 Å². The molecule has 0 spiro atoms. The van der Waals surface area contributed by atoms with Crippen molar-refractivity contribution in [3.05, 3.63) is 33.8 Å². The zero-order chi connectivity index (χ0) is 15.6. The molecule has 2 nitrogen and oxygen atoms in total. The van der Waals surface area contributed by atoms with Crippen molar-refractivity contribution in [1.82, 2.24) is 10.2 Å². The van der Waals surface area contributed by atoms with Gasteiger partial charge in [0.25, 0.3) is 0 Å². The monoisotopic (exact) mass is 360 g/mol. The minimum Gasteiger partial charge on any atom is -0.308 e. The van der Waals surface area contributed by atoms with Gasteiger partial charge in [0.1, 0.15) is 11.6 Å². The molecular weight excluding hydrogens is 338 g/mol. The molecule has 0 bridgehead atoms. The lowest BCUT2D eigenvalue weighted by Crippen LogP contribution is -2.52. The van der Waals surface area contributed by atoms with Crippen molar-refractivity contribution in [3.63, 3.8) is 0 Å². The van der Waals surface area contributed by atoms with Crippen molar-refractivity contribution < 1.29 is 8.78 Å². The molecule has 1 fully saturated rings. The van der Waals surface area contributed by atoms with Crippen molar-refractivity contribution in [2.24, 2.45) is 0 Å². The number of nitrogens with one attached hydrogen (secondary N) is 1. The van der Waals surface area contributed by atoms with Crippen LogP contribution < -0.4 is 5.32 Å². The van der Waals surface area contributed by atoms with Gasteiger partial charge in [-0.3, -0.25) is 0 Å². The average Bonchev–Trinajstić information content (AvgIpc) is 2.93. The predicted octanol–water partition coefficient (Wildman–Crippen LogP) is 4.25. The van der Waals surface area contributed by atoms with Gasteiger partial charge in [0.05, 0.1) is 10.5 Å². The Balaban J connectivity index is 2.56. The number of likely N-dealkylation sites (N-methyl/N-ethyl adjacent to an activating group) is 2. The van der Waals surface area contributed by atoms with Crippen molar-refractivity contribution in [2.75, 3.05) is 20.6 Å². The van der Waals surface area contributed by atoms with Crippen LogP contribution in [0.3, 0.4) is 0 Å². The van der Waals surface area contributed by atoms with Crippen LogP contribution in [-0.4, -0.2) is 31.1 Å². The maximum atomic E-state index is 14.6. The van der Waals surface area contributed by atoms with E-state index in [0.717, 1.165) is 25.7 Å².